The molecule has 1 atom stereocenters. The molecule has 1 aromatic rings. The summed E-state index contributed by atoms with van der Waals surface area (Å²) in [6.45, 7) is 1.58. The summed E-state index contributed by atoms with van der Waals surface area (Å²) in [4.78, 5) is 0.145. The highest BCUT2D eigenvalue weighted by Crippen LogP contribution is 2.13. The predicted octanol–water partition coefficient (Wildman–Crippen LogP) is 1.01. The lowest BCUT2D eigenvalue weighted by Gasteiger charge is -2.23. The normalized spacial score (nSPS) is 19.2. The molecule has 0 bridgehead atoms. The second-order valence-corrected chi connectivity index (χ2v) is 6.02. The minimum atomic E-state index is -3.53. The summed E-state index contributed by atoms with van der Waals surface area (Å²) in [6.07, 6.45) is 1.80. The lowest BCUT2D eigenvalue weighted by Crippen LogP contribution is -2.45. The SMILES string of the molecule is Cl.N#Cc1cccc(S(=O)(=O)N[C@H]2CCCNC2)c1. The van der Waals surface area contributed by atoms with Crippen molar-refractivity contribution in [1.29, 1.82) is 5.26 Å². The standard InChI is InChI=1S/C12H15N3O2S.ClH/c13-8-10-3-1-5-12(7-10)18(16,17)15-11-4-2-6-14-9-11;/h1,3,5,7,11,14-15H,2,4,6,9H2;1H/t11-;/m0./s1. The molecular formula is C12H16ClN3O2S. The van der Waals surface area contributed by atoms with E-state index in [0.717, 1.165) is 19.4 Å². The van der Waals surface area contributed by atoms with Crippen molar-refractivity contribution in [1.82, 2.24) is 10.0 Å². The van der Waals surface area contributed by atoms with Crippen LogP contribution in [-0.4, -0.2) is 27.5 Å². The largest absolute Gasteiger partial charge is 0.315 e. The van der Waals surface area contributed by atoms with Crippen LogP contribution in [0.2, 0.25) is 0 Å². The number of piperidine rings is 1. The number of halogens is 1. The summed E-state index contributed by atoms with van der Waals surface area (Å²) in [5.41, 5.74) is 0.347. The van der Waals surface area contributed by atoms with Crippen molar-refractivity contribution in [2.45, 2.75) is 23.8 Å². The Bertz CT molecular complexity index is 563. The first-order valence-corrected chi connectivity index (χ1v) is 7.33. The fourth-order valence-electron chi connectivity index (χ4n) is 1.97. The second-order valence-electron chi connectivity index (χ2n) is 4.30. The van der Waals surface area contributed by atoms with E-state index in [1.165, 1.54) is 12.1 Å². The number of nitrogens with one attached hydrogen (secondary N) is 2. The minimum absolute atomic E-state index is 0. The lowest BCUT2D eigenvalue weighted by atomic mass is 10.1. The molecule has 1 aliphatic rings. The number of sulfonamides is 1. The molecule has 0 unspecified atom stereocenters. The second kappa shape index (κ2) is 6.87. The van der Waals surface area contributed by atoms with Crippen molar-refractivity contribution in [3.63, 3.8) is 0 Å². The van der Waals surface area contributed by atoms with Crippen molar-refractivity contribution < 1.29 is 8.42 Å². The van der Waals surface area contributed by atoms with Crippen LogP contribution in [-0.2, 0) is 10.0 Å². The van der Waals surface area contributed by atoms with Crippen LogP contribution < -0.4 is 10.0 Å². The lowest BCUT2D eigenvalue weighted by molar-refractivity contribution is 0.428. The van der Waals surface area contributed by atoms with E-state index in [9.17, 15) is 8.42 Å². The van der Waals surface area contributed by atoms with Crippen molar-refractivity contribution in [3.8, 4) is 6.07 Å². The van der Waals surface area contributed by atoms with E-state index in [4.69, 9.17) is 5.26 Å². The first-order chi connectivity index (χ1) is 8.62. The van der Waals surface area contributed by atoms with Crippen LogP contribution in [0.25, 0.3) is 0 Å². The maximum Gasteiger partial charge on any atom is 0.240 e. The maximum absolute atomic E-state index is 12.1. The molecule has 1 aromatic carbocycles. The van der Waals surface area contributed by atoms with Gasteiger partial charge in [0.25, 0.3) is 0 Å². The molecule has 1 saturated heterocycles. The Balaban J connectivity index is 0.00000180. The monoisotopic (exact) mass is 301 g/mol. The molecule has 0 aromatic heterocycles. The van der Waals surface area contributed by atoms with Gasteiger partial charge in [0.1, 0.15) is 0 Å². The fourth-order valence-corrected chi connectivity index (χ4v) is 3.29. The molecule has 0 aliphatic carbocycles. The first kappa shape index (κ1) is 15.9. The molecule has 7 heteroatoms. The van der Waals surface area contributed by atoms with Gasteiger partial charge in [0.2, 0.25) is 10.0 Å². The number of benzene rings is 1. The van der Waals surface area contributed by atoms with Gasteiger partial charge < -0.3 is 5.32 Å². The molecule has 1 aliphatic heterocycles. The molecule has 5 nitrogen and oxygen atoms in total. The third kappa shape index (κ3) is 4.18. The van der Waals surface area contributed by atoms with Crippen molar-refractivity contribution in [2.24, 2.45) is 0 Å². The van der Waals surface area contributed by atoms with Gasteiger partial charge in [-0.3, -0.25) is 0 Å². The number of nitrogens with zero attached hydrogens (tertiary/aromatic N) is 1. The summed E-state index contributed by atoms with van der Waals surface area (Å²) in [7, 11) is -3.53. The summed E-state index contributed by atoms with van der Waals surface area (Å²) in [5, 5.41) is 11.9. The molecule has 1 fully saturated rings. The molecule has 2 N–H and O–H groups in total. The zero-order valence-electron chi connectivity index (χ0n) is 10.3. The van der Waals surface area contributed by atoms with Gasteiger partial charge >= 0.3 is 0 Å². The van der Waals surface area contributed by atoms with E-state index in [1.807, 2.05) is 6.07 Å². The fraction of sp³-hybridized carbons (Fsp3) is 0.417. The average Bonchev–Trinajstić information content (AvgIpc) is 2.39. The average molecular weight is 302 g/mol. The third-order valence-electron chi connectivity index (χ3n) is 2.89. The van der Waals surface area contributed by atoms with E-state index in [-0.39, 0.29) is 23.3 Å². The summed E-state index contributed by atoms with van der Waals surface area (Å²) in [5.74, 6) is 0. The Morgan fingerprint density at radius 3 is 2.84 bits per heavy atom. The molecule has 2 rings (SSSR count). The predicted molar refractivity (Wildman–Crippen MR) is 74.6 cm³/mol. The van der Waals surface area contributed by atoms with Crippen molar-refractivity contribution >= 4 is 22.4 Å². The first-order valence-electron chi connectivity index (χ1n) is 5.85. The van der Waals surface area contributed by atoms with Crippen molar-refractivity contribution in [2.75, 3.05) is 13.1 Å². The van der Waals surface area contributed by atoms with Crippen LogP contribution in [0.5, 0.6) is 0 Å². The Labute approximate surface area is 119 Å². The molecule has 19 heavy (non-hydrogen) atoms. The van der Waals surface area contributed by atoms with Crippen LogP contribution in [0.1, 0.15) is 18.4 Å². The van der Waals surface area contributed by atoms with E-state index in [0.29, 0.717) is 12.1 Å². The minimum Gasteiger partial charge on any atom is -0.315 e. The van der Waals surface area contributed by atoms with E-state index >= 15 is 0 Å². The van der Waals surface area contributed by atoms with E-state index in [1.54, 1.807) is 12.1 Å². The number of hydrogen-bond donors (Lipinski definition) is 2. The maximum atomic E-state index is 12.1. The quantitative estimate of drug-likeness (QED) is 0.873. The van der Waals surface area contributed by atoms with Crippen LogP contribution in [0.3, 0.4) is 0 Å². The Morgan fingerprint density at radius 1 is 1.42 bits per heavy atom. The topological polar surface area (TPSA) is 82.0 Å². The molecule has 1 heterocycles. The highest BCUT2D eigenvalue weighted by atomic mass is 35.5. The molecular weight excluding hydrogens is 286 g/mol. The van der Waals surface area contributed by atoms with Gasteiger partial charge in [-0.15, -0.1) is 12.4 Å². The van der Waals surface area contributed by atoms with Crippen LogP contribution >= 0.6 is 12.4 Å². The highest BCUT2D eigenvalue weighted by Gasteiger charge is 2.21. The van der Waals surface area contributed by atoms with E-state index < -0.39 is 10.0 Å². The summed E-state index contributed by atoms with van der Waals surface area (Å²) < 4.78 is 26.9. The van der Waals surface area contributed by atoms with E-state index in [2.05, 4.69) is 10.0 Å². The van der Waals surface area contributed by atoms with Gasteiger partial charge in [0, 0.05) is 12.6 Å². The highest BCUT2D eigenvalue weighted by molar-refractivity contribution is 7.89. The Kier molecular flexibility index (Phi) is 5.76. The third-order valence-corrected chi connectivity index (χ3v) is 4.41. The smallest absolute Gasteiger partial charge is 0.240 e. The molecule has 0 spiro atoms. The van der Waals surface area contributed by atoms with Crippen LogP contribution in [0.4, 0.5) is 0 Å². The van der Waals surface area contributed by atoms with Crippen molar-refractivity contribution in [3.05, 3.63) is 29.8 Å². The van der Waals surface area contributed by atoms with Crippen LogP contribution in [0.15, 0.2) is 29.2 Å². The zero-order chi connectivity index (χ0) is 13.0. The Morgan fingerprint density at radius 2 is 2.21 bits per heavy atom. The molecule has 0 saturated carbocycles. The molecule has 104 valence electrons. The molecule has 0 radical (unpaired) electrons. The molecule has 0 amide bonds. The summed E-state index contributed by atoms with van der Waals surface area (Å²) >= 11 is 0. The van der Waals surface area contributed by atoms with Gasteiger partial charge in [0.15, 0.2) is 0 Å². The number of rotatable bonds is 3. The zero-order valence-corrected chi connectivity index (χ0v) is 11.9. The van der Waals surface area contributed by atoms with Gasteiger partial charge in [-0.25, -0.2) is 13.1 Å². The van der Waals surface area contributed by atoms with Gasteiger partial charge in [-0.05, 0) is 37.6 Å². The van der Waals surface area contributed by atoms with Gasteiger partial charge in [0.05, 0.1) is 16.5 Å². The number of hydrogen-bond acceptors (Lipinski definition) is 4. The van der Waals surface area contributed by atoms with Gasteiger partial charge in [-0.1, -0.05) is 6.07 Å². The number of nitriles is 1. The van der Waals surface area contributed by atoms with Gasteiger partial charge in [-0.2, -0.15) is 5.26 Å². The Hall–Kier alpha value is -1.13. The summed E-state index contributed by atoms with van der Waals surface area (Å²) in [6, 6.07) is 7.91. The van der Waals surface area contributed by atoms with Crippen LogP contribution in [0, 0.1) is 11.3 Å².